The molecule has 2 N–H and O–H groups in total. The molecule has 0 fully saturated rings. The number of aryl methyl sites for hydroxylation is 1. The monoisotopic (exact) mass is 371 g/mol. The van der Waals surface area contributed by atoms with E-state index in [2.05, 4.69) is 15.7 Å². The summed E-state index contributed by atoms with van der Waals surface area (Å²) in [7, 11) is 5.03. The maximum absolute atomic E-state index is 12.4. The average molecular weight is 371 g/mol. The summed E-state index contributed by atoms with van der Waals surface area (Å²) in [6.45, 7) is 0.197. The van der Waals surface area contributed by atoms with Crippen molar-refractivity contribution in [2.24, 2.45) is 0 Å². The van der Waals surface area contributed by atoms with Gasteiger partial charge in [0.2, 0.25) is 5.91 Å². The van der Waals surface area contributed by atoms with Crippen LogP contribution in [0.1, 0.15) is 30.1 Å². The first-order valence-electron chi connectivity index (χ1n) is 8.94. The maximum atomic E-state index is 12.4. The average Bonchev–Trinajstić information content (AvgIpc) is 3.05. The van der Waals surface area contributed by atoms with Crippen LogP contribution >= 0.6 is 0 Å². The molecule has 0 saturated carbocycles. The van der Waals surface area contributed by atoms with Crippen LogP contribution in [0, 0.1) is 0 Å². The fourth-order valence-corrected chi connectivity index (χ4v) is 3.12. The number of rotatable bonds is 5. The molecule has 1 aliphatic carbocycles. The number of hydrogen-bond acceptors (Lipinski definition) is 4. The van der Waals surface area contributed by atoms with Crippen LogP contribution in [-0.2, 0) is 17.8 Å². The molecule has 27 heavy (non-hydrogen) atoms. The normalized spacial score (nSPS) is 15.6. The molecular formula is C19H25N5O3. The summed E-state index contributed by atoms with van der Waals surface area (Å²) in [4.78, 5) is 25.9. The van der Waals surface area contributed by atoms with Gasteiger partial charge >= 0.3 is 6.03 Å². The molecule has 3 rings (SSSR count). The highest BCUT2D eigenvalue weighted by molar-refractivity contribution is 5.89. The molecule has 2 aromatic rings. The molecule has 1 aromatic heterocycles. The van der Waals surface area contributed by atoms with Crippen LogP contribution in [0.25, 0.3) is 0 Å². The van der Waals surface area contributed by atoms with Gasteiger partial charge in [-0.15, -0.1) is 0 Å². The smallest absolute Gasteiger partial charge is 0.319 e. The molecule has 0 radical (unpaired) electrons. The summed E-state index contributed by atoms with van der Waals surface area (Å²) in [6, 6.07) is 6.73. The summed E-state index contributed by atoms with van der Waals surface area (Å²) >= 11 is 0. The Kier molecular flexibility index (Phi) is 5.63. The second kappa shape index (κ2) is 8.11. The van der Waals surface area contributed by atoms with E-state index >= 15 is 0 Å². The van der Waals surface area contributed by atoms with Gasteiger partial charge in [-0.25, -0.2) is 4.79 Å². The minimum atomic E-state index is -0.292. The first-order chi connectivity index (χ1) is 13.0. The number of likely N-dealkylation sites (N-methyl/N-ethyl adjacent to an activating group) is 1. The van der Waals surface area contributed by atoms with Crippen molar-refractivity contribution in [3.8, 4) is 5.75 Å². The van der Waals surface area contributed by atoms with E-state index in [0.29, 0.717) is 11.4 Å². The molecule has 3 amide bonds. The number of nitrogens with one attached hydrogen (secondary N) is 2. The van der Waals surface area contributed by atoms with E-state index in [1.807, 2.05) is 18.3 Å². The van der Waals surface area contributed by atoms with Gasteiger partial charge in [0.15, 0.2) is 0 Å². The number of hydrogen-bond donors (Lipinski definition) is 2. The lowest BCUT2D eigenvalue weighted by molar-refractivity contribution is -0.129. The Morgan fingerprint density at radius 3 is 2.93 bits per heavy atom. The van der Waals surface area contributed by atoms with Crippen molar-refractivity contribution < 1.29 is 14.3 Å². The van der Waals surface area contributed by atoms with E-state index < -0.39 is 0 Å². The zero-order valence-electron chi connectivity index (χ0n) is 15.9. The quantitative estimate of drug-likeness (QED) is 0.843. The number of benzene rings is 1. The van der Waals surface area contributed by atoms with Crippen LogP contribution in [0.5, 0.6) is 5.75 Å². The Morgan fingerprint density at radius 2 is 2.19 bits per heavy atom. The van der Waals surface area contributed by atoms with E-state index in [1.165, 1.54) is 4.90 Å². The number of ether oxygens (including phenoxy) is 1. The summed E-state index contributed by atoms with van der Waals surface area (Å²) in [5, 5.41) is 10.4. The highest BCUT2D eigenvalue weighted by Crippen LogP contribution is 2.28. The first-order valence-corrected chi connectivity index (χ1v) is 8.94. The summed E-state index contributed by atoms with van der Waals surface area (Å²) in [5.41, 5.74) is 2.58. The molecule has 1 atom stereocenters. The fourth-order valence-electron chi connectivity index (χ4n) is 3.12. The Labute approximate surface area is 158 Å². The molecule has 0 bridgehead atoms. The first kappa shape index (κ1) is 18.8. The van der Waals surface area contributed by atoms with Gasteiger partial charge in [-0.2, -0.15) is 5.10 Å². The van der Waals surface area contributed by atoms with E-state index in [4.69, 9.17) is 4.74 Å². The van der Waals surface area contributed by atoms with Crippen molar-refractivity contribution in [2.75, 3.05) is 26.5 Å². The second-order valence-corrected chi connectivity index (χ2v) is 6.80. The van der Waals surface area contributed by atoms with Crippen LogP contribution in [-0.4, -0.2) is 47.8 Å². The van der Waals surface area contributed by atoms with Crippen molar-refractivity contribution in [2.45, 2.75) is 31.8 Å². The number of nitrogens with zero attached hydrogens (tertiary/aromatic N) is 3. The van der Waals surface area contributed by atoms with E-state index in [0.717, 1.165) is 30.5 Å². The highest BCUT2D eigenvalue weighted by Gasteiger charge is 2.26. The summed E-state index contributed by atoms with van der Waals surface area (Å²) < 4.78 is 6.83. The molecule has 0 unspecified atom stereocenters. The van der Waals surface area contributed by atoms with Gasteiger partial charge in [-0.1, -0.05) is 6.07 Å². The van der Waals surface area contributed by atoms with Crippen LogP contribution in [0.3, 0.4) is 0 Å². The standard InChI is InChI=1S/C19H25N5O3/c1-23(2)17(25)12-24-11-13-6-4-9-16(18(13)22-24)21-19(26)20-14-7-5-8-15(10-14)27-3/h5,7-8,10-11,16H,4,6,9,12H2,1-3H3,(H2,20,21,26)/t16-/m0/s1. The number of aromatic nitrogens is 2. The zero-order valence-corrected chi connectivity index (χ0v) is 15.9. The van der Waals surface area contributed by atoms with Crippen molar-refractivity contribution in [3.05, 3.63) is 41.7 Å². The maximum Gasteiger partial charge on any atom is 0.319 e. The van der Waals surface area contributed by atoms with E-state index in [1.54, 1.807) is 38.0 Å². The van der Waals surface area contributed by atoms with Gasteiger partial charge in [0, 0.05) is 32.0 Å². The molecule has 1 aromatic carbocycles. The third-order valence-electron chi connectivity index (χ3n) is 4.57. The topological polar surface area (TPSA) is 88.5 Å². The van der Waals surface area contributed by atoms with Gasteiger partial charge in [-0.3, -0.25) is 9.48 Å². The number of carbonyl (C=O) groups excluding carboxylic acids is 2. The van der Waals surface area contributed by atoms with E-state index in [-0.39, 0.29) is 24.5 Å². The van der Waals surface area contributed by atoms with Gasteiger partial charge in [0.05, 0.1) is 18.8 Å². The third-order valence-corrected chi connectivity index (χ3v) is 4.57. The van der Waals surface area contributed by atoms with Crippen molar-refractivity contribution >= 4 is 17.6 Å². The molecule has 144 valence electrons. The Hall–Kier alpha value is -3.03. The predicted molar refractivity (Wildman–Crippen MR) is 102 cm³/mol. The van der Waals surface area contributed by atoms with Crippen LogP contribution < -0.4 is 15.4 Å². The lowest BCUT2D eigenvalue weighted by Crippen LogP contribution is -2.34. The fraction of sp³-hybridized carbons (Fsp3) is 0.421. The van der Waals surface area contributed by atoms with Crippen LogP contribution in [0.15, 0.2) is 30.5 Å². The number of amides is 3. The molecule has 0 saturated heterocycles. The summed E-state index contributed by atoms with van der Waals surface area (Å²) in [5.74, 6) is 0.659. The number of fused-ring (bicyclic) bond motifs is 1. The van der Waals surface area contributed by atoms with Gasteiger partial charge in [0.1, 0.15) is 12.3 Å². The molecule has 1 aliphatic rings. The largest absolute Gasteiger partial charge is 0.497 e. The van der Waals surface area contributed by atoms with Gasteiger partial charge in [0.25, 0.3) is 0 Å². The number of carbonyl (C=O) groups is 2. The van der Waals surface area contributed by atoms with Gasteiger partial charge in [-0.05, 0) is 37.0 Å². The SMILES string of the molecule is COc1cccc(NC(=O)N[C@H]2CCCc3cn(CC(=O)N(C)C)nc32)c1. The van der Waals surface area contributed by atoms with Crippen molar-refractivity contribution in [1.82, 2.24) is 20.0 Å². The molecule has 1 heterocycles. The lowest BCUT2D eigenvalue weighted by Gasteiger charge is -2.22. The number of anilines is 1. The number of urea groups is 1. The third kappa shape index (κ3) is 4.58. The zero-order chi connectivity index (χ0) is 19.4. The lowest BCUT2D eigenvalue weighted by atomic mass is 9.94. The minimum Gasteiger partial charge on any atom is -0.497 e. The van der Waals surface area contributed by atoms with Crippen LogP contribution in [0.4, 0.5) is 10.5 Å². The number of methoxy groups -OCH3 is 1. The molecule has 8 nitrogen and oxygen atoms in total. The van der Waals surface area contributed by atoms with Crippen molar-refractivity contribution in [3.63, 3.8) is 0 Å². The predicted octanol–water partition coefficient (Wildman–Crippen LogP) is 2.18. The Bertz CT molecular complexity index is 831. The van der Waals surface area contributed by atoms with Gasteiger partial charge < -0.3 is 20.3 Å². The Balaban J connectivity index is 1.67. The highest BCUT2D eigenvalue weighted by atomic mass is 16.5. The Morgan fingerprint density at radius 1 is 1.37 bits per heavy atom. The molecule has 0 aliphatic heterocycles. The molecule has 8 heteroatoms. The van der Waals surface area contributed by atoms with Crippen LogP contribution in [0.2, 0.25) is 0 Å². The van der Waals surface area contributed by atoms with Crippen molar-refractivity contribution in [1.29, 1.82) is 0 Å². The second-order valence-electron chi connectivity index (χ2n) is 6.80. The minimum absolute atomic E-state index is 0.0184. The molecule has 0 spiro atoms. The molecular weight excluding hydrogens is 346 g/mol. The summed E-state index contributed by atoms with van der Waals surface area (Å²) in [6.07, 6.45) is 4.59. The van der Waals surface area contributed by atoms with E-state index in [9.17, 15) is 9.59 Å².